The molecular weight excluding hydrogens is 194 g/mol. The second kappa shape index (κ2) is 4.82. The third-order valence-electron chi connectivity index (χ3n) is 1.89. The van der Waals surface area contributed by atoms with Gasteiger partial charge in [-0.2, -0.15) is 5.26 Å². The summed E-state index contributed by atoms with van der Waals surface area (Å²) >= 11 is 0. The summed E-state index contributed by atoms with van der Waals surface area (Å²) in [6, 6.07) is 4.93. The number of aromatic hydroxyl groups is 1. The quantitative estimate of drug-likeness (QED) is 0.600. The van der Waals surface area contributed by atoms with Gasteiger partial charge in [0.1, 0.15) is 0 Å². The smallest absolute Gasteiger partial charge is 0.168 e. The Kier molecular flexibility index (Phi) is 3.47. The van der Waals surface area contributed by atoms with Gasteiger partial charge in [0.15, 0.2) is 17.8 Å². The molecule has 15 heavy (non-hydrogen) atoms. The summed E-state index contributed by atoms with van der Waals surface area (Å²) in [6.45, 7) is 0. The van der Waals surface area contributed by atoms with Crippen molar-refractivity contribution < 1.29 is 14.6 Å². The van der Waals surface area contributed by atoms with Gasteiger partial charge in [0.05, 0.1) is 18.7 Å². The first-order chi connectivity index (χ1) is 7.24. The van der Waals surface area contributed by atoms with Gasteiger partial charge in [0.25, 0.3) is 0 Å². The second-order valence-electron chi connectivity index (χ2n) is 2.70. The van der Waals surface area contributed by atoms with E-state index in [0.29, 0.717) is 11.8 Å². The minimum Gasteiger partial charge on any atom is -0.504 e. The molecule has 4 nitrogen and oxygen atoms in total. The molecule has 0 amide bonds. The fraction of sp³-hybridized carbons (Fsp3) is 0.0909. The van der Waals surface area contributed by atoms with Crippen molar-refractivity contribution in [3.63, 3.8) is 0 Å². The van der Waals surface area contributed by atoms with Gasteiger partial charge >= 0.3 is 0 Å². The van der Waals surface area contributed by atoms with E-state index in [0.717, 1.165) is 0 Å². The first-order valence-corrected chi connectivity index (χ1v) is 4.16. The monoisotopic (exact) mass is 203 g/mol. The molecular formula is C11H9NO3. The first kappa shape index (κ1) is 10.8. The summed E-state index contributed by atoms with van der Waals surface area (Å²) in [4.78, 5) is 10.7. The Labute approximate surface area is 87.0 Å². The van der Waals surface area contributed by atoms with Gasteiger partial charge in [-0.05, 0) is 17.7 Å². The highest BCUT2D eigenvalue weighted by atomic mass is 16.5. The minimum atomic E-state index is -0.215. The van der Waals surface area contributed by atoms with Crippen molar-refractivity contribution in [1.29, 1.82) is 5.26 Å². The number of phenolic OH excluding ortho intramolecular Hbond substituents is 1. The molecule has 0 aliphatic heterocycles. The lowest BCUT2D eigenvalue weighted by molar-refractivity contribution is 0.112. The van der Waals surface area contributed by atoms with Gasteiger partial charge in [-0.3, -0.25) is 4.79 Å². The zero-order valence-corrected chi connectivity index (χ0v) is 8.10. The Morgan fingerprint density at radius 2 is 2.27 bits per heavy atom. The lowest BCUT2D eigenvalue weighted by Crippen LogP contribution is -1.91. The van der Waals surface area contributed by atoms with Crippen LogP contribution in [0.3, 0.4) is 0 Å². The minimum absolute atomic E-state index is 0.112. The molecule has 0 unspecified atom stereocenters. The fourth-order valence-corrected chi connectivity index (χ4v) is 1.16. The zero-order chi connectivity index (χ0) is 11.3. The Bertz CT molecular complexity index is 444. The van der Waals surface area contributed by atoms with Gasteiger partial charge in [-0.25, -0.2) is 0 Å². The number of hydrogen-bond donors (Lipinski definition) is 1. The second-order valence-corrected chi connectivity index (χ2v) is 2.70. The molecule has 1 N–H and O–H groups in total. The maximum absolute atomic E-state index is 10.7. The van der Waals surface area contributed by atoms with E-state index in [1.807, 2.05) is 0 Å². The van der Waals surface area contributed by atoms with E-state index >= 15 is 0 Å². The molecule has 0 heterocycles. The molecule has 4 heteroatoms. The van der Waals surface area contributed by atoms with Gasteiger partial charge in [0, 0.05) is 6.08 Å². The number of nitriles is 1. The number of phenols is 1. The number of aldehydes is 1. The van der Waals surface area contributed by atoms with Crippen molar-refractivity contribution in [2.45, 2.75) is 0 Å². The van der Waals surface area contributed by atoms with Crippen molar-refractivity contribution in [2.75, 3.05) is 7.11 Å². The van der Waals surface area contributed by atoms with E-state index < -0.39 is 0 Å². The summed E-state index contributed by atoms with van der Waals surface area (Å²) in [6.07, 6.45) is 3.20. The van der Waals surface area contributed by atoms with E-state index in [-0.39, 0.29) is 17.1 Å². The van der Waals surface area contributed by atoms with E-state index in [4.69, 9.17) is 10.00 Å². The molecule has 0 saturated carbocycles. The van der Waals surface area contributed by atoms with Gasteiger partial charge in [0.2, 0.25) is 0 Å². The number of rotatable bonds is 3. The SMILES string of the molecule is COc1ccc(C=CC#N)c(C=O)c1O. The Morgan fingerprint density at radius 1 is 1.53 bits per heavy atom. The number of methoxy groups -OCH3 is 1. The van der Waals surface area contributed by atoms with Crippen LogP contribution in [0.4, 0.5) is 0 Å². The van der Waals surface area contributed by atoms with Crippen LogP contribution < -0.4 is 4.74 Å². The molecule has 1 rings (SSSR count). The molecule has 1 aromatic carbocycles. The normalized spacial score (nSPS) is 9.87. The summed E-state index contributed by atoms with van der Waals surface area (Å²) in [7, 11) is 1.40. The van der Waals surface area contributed by atoms with Crippen LogP contribution in [0.15, 0.2) is 18.2 Å². The number of carbonyl (C=O) groups excluding carboxylic acids is 1. The summed E-state index contributed by atoms with van der Waals surface area (Å²) in [5.41, 5.74) is 0.589. The standard InChI is InChI=1S/C11H9NO3/c1-15-10-5-4-8(3-2-6-12)9(7-13)11(10)14/h2-5,7,14H,1H3. The summed E-state index contributed by atoms with van der Waals surface area (Å²) in [5, 5.41) is 17.9. The van der Waals surface area contributed by atoms with Crippen LogP contribution >= 0.6 is 0 Å². The van der Waals surface area contributed by atoms with Crippen molar-refractivity contribution in [3.8, 4) is 17.6 Å². The van der Waals surface area contributed by atoms with Crippen LogP contribution in [-0.2, 0) is 0 Å². The van der Waals surface area contributed by atoms with Crippen LogP contribution in [0.1, 0.15) is 15.9 Å². The van der Waals surface area contributed by atoms with Crippen molar-refractivity contribution >= 4 is 12.4 Å². The summed E-state index contributed by atoms with van der Waals surface area (Å²) < 4.78 is 4.85. The number of nitrogens with zero attached hydrogens (tertiary/aromatic N) is 1. The van der Waals surface area contributed by atoms with Gasteiger partial charge < -0.3 is 9.84 Å². The maximum atomic E-state index is 10.7. The van der Waals surface area contributed by atoms with Gasteiger partial charge in [-0.1, -0.05) is 6.07 Å². The van der Waals surface area contributed by atoms with Crippen molar-refractivity contribution in [1.82, 2.24) is 0 Å². The largest absolute Gasteiger partial charge is 0.504 e. The third kappa shape index (κ3) is 2.15. The molecule has 1 aromatic rings. The molecule has 0 bridgehead atoms. The number of carbonyl (C=O) groups is 1. The van der Waals surface area contributed by atoms with E-state index in [2.05, 4.69) is 0 Å². The Morgan fingerprint density at radius 3 is 2.80 bits per heavy atom. The molecule has 76 valence electrons. The highest BCUT2D eigenvalue weighted by Gasteiger charge is 2.10. The van der Waals surface area contributed by atoms with Crippen LogP contribution in [0.2, 0.25) is 0 Å². The highest BCUT2D eigenvalue weighted by molar-refractivity contribution is 5.87. The molecule has 0 aliphatic rings. The molecule has 0 radical (unpaired) electrons. The van der Waals surface area contributed by atoms with Crippen molar-refractivity contribution in [3.05, 3.63) is 29.3 Å². The molecule has 0 atom stereocenters. The van der Waals surface area contributed by atoms with Crippen LogP contribution in [-0.4, -0.2) is 18.5 Å². The molecule has 0 spiro atoms. The average Bonchev–Trinajstić information content (AvgIpc) is 2.26. The Hall–Kier alpha value is -2.28. The number of benzene rings is 1. The number of ether oxygens (including phenoxy) is 1. The molecule has 0 saturated heterocycles. The third-order valence-corrected chi connectivity index (χ3v) is 1.89. The van der Waals surface area contributed by atoms with Gasteiger partial charge in [-0.15, -0.1) is 0 Å². The van der Waals surface area contributed by atoms with Crippen LogP contribution in [0.5, 0.6) is 11.5 Å². The zero-order valence-electron chi connectivity index (χ0n) is 8.10. The summed E-state index contributed by atoms with van der Waals surface area (Å²) in [5.74, 6) is 0.0128. The van der Waals surface area contributed by atoms with E-state index in [1.54, 1.807) is 12.1 Å². The molecule has 0 aromatic heterocycles. The number of allylic oxidation sites excluding steroid dienone is 1. The lowest BCUT2D eigenvalue weighted by atomic mass is 10.1. The highest BCUT2D eigenvalue weighted by Crippen LogP contribution is 2.31. The average molecular weight is 203 g/mol. The Balaban J connectivity index is 3.32. The van der Waals surface area contributed by atoms with Crippen molar-refractivity contribution in [2.24, 2.45) is 0 Å². The van der Waals surface area contributed by atoms with E-state index in [9.17, 15) is 9.90 Å². The lowest BCUT2D eigenvalue weighted by Gasteiger charge is -2.07. The maximum Gasteiger partial charge on any atom is 0.168 e. The molecule has 0 aliphatic carbocycles. The topological polar surface area (TPSA) is 70.3 Å². The van der Waals surface area contributed by atoms with Crippen LogP contribution in [0, 0.1) is 11.3 Å². The number of hydrogen-bond acceptors (Lipinski definition) is 4. The predicted molar refractivity (Wildman–Crippen MR) is 54.7 cm³/mol. The van der Waals surface area contributed by atoms with Crippen LogP contribution in [0.25, 0.3) is 6.08 Å². The molecule has 0 fully saturated rings. The first-order valence-electron chi connectivity index (χ1n) is 4.16. The van der Waals surface area contributed by atoms with E-state index in [1.165, 1.54) is 25.3 Å². The fourth-order valence-electron chi connectivity index (χ4n) is 1.16. The predicted octanol–water partition coefficient (Wildman–Crippen LogP) is 1.75.